The standard InChI is InChI=1S/C22H24N4O2/c1-15-8-3-4-10-17(15)24-21(27)16-9-7-13-26(14-16)20-22(28-2)25-19-12-6-5-11-18(19)23-20/h3-6,8,10-12,16H,7,9,13-14H2,1-2H3,(H,24,27). The molecule has 4 rings (SSSR count). The molecule has 2 aromatic carbocycles. The Morgan fingerprint density at radius 3 is 2.57 bits per heavy atom. The number of anilines is 2. The van der Waals surface area contributed by atoms with Crippen LogP contribution < -0.4 is 15.0 Å². The molecule has 1 amide bonds. The van der Waals surface area contributed by atoms with Crippen molar-refractivity contribution in [3.05, 3.63) is 54.1 Å². The Labute approximate surface area is 164 Å². The number of hydrogen-bond acceptors (Lipinski definition) is 5. The molecular weight excluding hydrogens is 352 g/mol. The van der Waals surface area contributed by atoms with Crippen LogP contribution in [0.4, 0.5) is 11.5 Å². The van der Waals surface area contributed by atoms with Gasteiger partial charge < -0.3 is 15.0 Å². The molecule has 1 aliphatic heterocycles. The summed E-state index contributed by atoms with van der Waals surface area (Å²) in [6, 6.07) is 15.6. The van der Waals surface area contributed by atoms with Crippen LogP contribution in [0.25, 0.3) is 11.0 Å². The zero-order valence-electron chi connectivity index (χ0n) is 16.2. The van der Waals surface area contributed by atoms with E-state index in [1.165, 1.54) is 0 Å². The van der Waals surface area contributed by atoms with Crippen LogP contribution in [0.3, 0.4) is 0 Å². The molecule has 0 aliphatic carbocycles. The molecule has 0 bridgehead atoms. The molecule has 144 valence electrons. The summed E-state index contributed by atoms with van der Waals surface area (Å²) < 4.78 is 5.50. The number of aryl methyl sites for hydroxylation is 1. The molecular formula is C22H24N4O2. The molecule has 0 spiro atoms. The molecule has 6 heteroatoms. The SMILES string of the molecule is COc1nc2ccccc2nc1N1CCCC(C(=O)Nc2ccccc2C)C1. The lowest BCUT2D eigenvalue weighted by Gasteiger charge is -2.33. The molecule has 2 heterocycles. The van der Waals surface area contributed by atoms with Gasteiger partial charge in [0, 0.05) is 18.8 Å². The second kappa shape index (κ2) is 7.84. The first kappa shape index (κ1) is 18.2. The van der Waals surface area contributed by atoms with E-state index in [0.717, 1.165) is 41.7 Å². The number of carbonyl (C=O) groups is 1. The zero-order chi connectivity index (χ0) is 19.5. The zero-order valence-corrected chi connectivity index (χ0v) is 16.2. The van der Waals surface area contributed by atoms with Gasteiger partial charge in [-0.05, 0) is 43.5 Å². The van der Waals surface area contributed by atoms with Crippen LogP contribution in [0.2, 0.25) is 0 Å². The van der Waals surface area contributed by atoms with Crippen molar-refractivity contribution >= 4 is 28.4 Å². The average molecular weight is 376 g/mol. The molecule has 1 aromatic heterocycles. The van der Waals surface area contributed by atoms with Gasteiger partial charge in [0.05, 0.1) is 24.1 Å². The highest BCUT2D eigenvalue weighted by Crippen LogP contribution is 2.30. The van der Waals surface area contributed by atoms with Crippen molar-refractivity contribution in [1.29, 1.82) is 0 Å². The minimum absolute atomic E-state index is 0.0479. The topological polar surface area (TPSA) is 67.4 Å². The summed E-state index contributed by atoms with van der Waals surface area (Å²) in [4.78, 5) is 24.3. The normalized spacial score (nSPS) is 16.8. The van der Waals surface area contributed by atoms with Gasteiger partial charge in [0.2, 0.25) is 5.91 Å². The number of amides is 1. The summed E-state index contributed by atoms with van der Waals surface area (Å²) in [5, 5.41) is 3.08. The van der Waals surface area contributed by atoms with Crippen molar-refractivity contribution in [3.63, 3.8) is 0 Å². The van der Waals surface area contributed by atoms with Crippen LogP contribution in [0.15, 0.2) is 48.5 Å². The summed E-state index contributed by atoms with van der Waals surface area (Å²) >= 11 is 0. The van der Waals surface area contributed by atoms with E-state index in [2.05, 4.69) is 15.2 Å². The maximum absolute atomic E-state index is 12.9. The van der Waals surface area contributed by atoms with E-state index in [-0.39, 0.29) is 11.8 Å². The maximum Gasteiger partial charge on any atom is 0.257 e. The van der Waals surface area contributed by atoms with Gasteiger partial charge in [-0.1, -0.05) is 30.3 Å². The Hall–Kier alpha value is -3.15. The predicted molar refractivity (Wildman–Crippen MR) is 111 cm³/mol. The van der Waals surface area contributed by atoms with E-state index in [0.29, 0.717) is 18.2 Å². The Balaban J connectivity index is 1.56. The minimum atomic E-state index is -0.105. The number of carbonyl (C=O) groups excluding carboxylic acids is 1. The van der Waals surface area contributed by atoms with Gasteiger partial charge in [-0.2, -0.15) is 0 Å². The molecule has 3 aromatic rings. The molecule has 1 N–H and O–H groups in total. The quantitative estimate of drug-likeness (QED) is 0.750. The lowest BCUT2D eigenvalue weighted by Crippen LogP contribution is -2.41. The highest BCUT2D eigenvalue weighted by Gasteiger charge is 2.29. The Bertz CT molecular complexity index is 1000. The molecule has 6 nitrogen and oxygen atoms in total. The highest BCUT2D eigenvalue weighted by molar-refractivity contribution is 5.93. The van der Waals surface area contributed by atoms with E-state index in [1.807, 2.05) is 55.5 Å². The molecule has 1 atom stereocenters. The van der Waals surface area contributed by atoms with Gasteiger partial charge in [0.15, 0.2) is 5.82 Å². The monoisotopic (exact) mass is 376 g/mol. The molecule has 1 saturated heterocycles. The molecule has 1 unspecified atom stereocenters. The number of nitrogens with zero attached hydrogens (tertiary/aromatic N) is 3. The van der Waals surface area contributed by atoms with Crippen molar-refractivity contribution in [2.75, 3.05) is 30.4 Å². The van der Waals surface area contributed by atoms with Crippen LogP contribution in [0.1, 0.15) is 18.4 Å². The number of methoxy groups -OCH3 is 1. The van der Waals surface area contributed by atoms with Crippen molar-refractivity contribution in [2.24, 2.45) is 5.92 Å². The number of para-hydroxylation sites is 3. The summed E-state index contributed by atoms with van der Waals surface area (Å²) in [6.07, 6.45) is 1.78. The fraction of sp³-hybridized carbons (Fsp3) is 0.318. The first-order valence-corrected chi connectivity index (χ1v) is 9.58. The summed E-state index contributed by atoms with van der Waals surface area (Å²) in [7, 11) is 1.61. The Kier molecular flexibility index (Phi) is 5.10. The van der Waals surface area contributed by atoms with Gasteiger partial charge >= 0.3 is 0 Å². The molecule has 1 aliphatic rings. The molecule has 0 radical (unpaired) electrons. The molecule has 0 saturated carbocycles. The van der Waals surface area contributed by atoms with E-state index in [4.69, 9.17) is 9.72 Å². The fourth-order valence-electron chi connectivity index (χ4n) is 3.65. The van der Waals surface area contributed by atoms with Gasteiger partial charge in [-0.15, -0.1) is 0 Å². The summed E-state index contributed by atoms with van der Waals surface area (Å²) in [6.45, 7) is 3.43. The van der Waals surface area contributed by atoms with Crippen molar-refractivity contribution in [3.8, 4) is 5.88 Å². The number of aromatic nitrogens is 2. The second-order valence-corrected chi connectivity index (χ2v) is 7.13. The van der Waals surface area contributed by atoms with Gasteiger partial charge in [0.1, 0.15) is 0 Å². The number of nitrogens with one attached hydrogen (secondary N) is 1. The fourth-order valence-corrected chi connectivity index (χ4v) is 3.65. The van der Waals surface area contributed by atoms with Crippen LogP contribution >= 0.6 is 0 Å². The third-order valence-corrected chi connectivity index (χ3v) is 5.21. The van der Waals surface area contributed by atoms with E-state index in [1.54, 1.807) is 7.11 Å². The van der Waals surface area contributed by atoms with Crippen LogP contribution in [-0.2, 0) is 4.79 Å². The average Bonchev–Trinajstić information content (AvgIpc) is 2.74. The van der Waals surface area contributed by atoms with Gasteiger partial charge in [0.25, 0.3) is 5.88 Å². The first-order valence-electron chi connectivity index (χ1n) is 9.58. The second-order valence-electron chi connectivity index (χ2n) is 7.13. The van der Waals surface area contributed by atoms with Crippen molar-refractivity contribution < 1.29 is 9.53 Å². The maximum atomic E-state index is 12.9. The van der Waals surface area contributed by atoms with Crippen LogP contribution in [0, 0.1) is 12.8 Å². The number of fused-ring (bicyclic) bond motifs is 1. The number of piperidine rings is 1. The molecule has 28 heavy (non-hydrogen) atoms. The lowest BCUT2D eigenvalue weighted by molar-refractivity contribution is -0.120. The van der Waals surface area contributed by atoms with Crippen molar-refractivity contribution in [2.45, 2.75) is 19.8 Å². The minimum Gasteiger partial charge on any atom is -0.478 e. The number of ether oxygens (including phenoxy) is 1. The summed E-state index contributed by atoms with van der Waals surface area (Å²) in [5.41, 5.74) is 3.55. The number of hydrogen-bond donors (Lipinski definition) is 1. The summed E-state index contributed by atoms with van der Waals surface area (Å²) in [5.74, 6) is 1.14. The van der Waals surface area contributed by atoms with E-state index >= 15 is 0 Å². The van der Waals surface area contributed by atoms with E-state index < -0.39 is 0 Å². The lowest BCUT2D eigenvalue weighted by atomic mass is 9.97. The Morgan fingerprint density at radius 2 is 1.82 bits per heavy atom. The van der Waals surface area contributed by atoms with Crippen LogP contribution in [0.5, 0.6) is 5.88 Å². The van der Waals surface area contributed by atoms with E-state index in [9.17, 15) is 4.79 Å². The smallest absolute Gasteiger partial charge is 0.257 e. The van der Waals surface area contributed by atoms with Gasteiger partial charge in [-0.25, -0.2) is 9.97 Å². The predicted octanol–water partition coefficient (Wildman–Crippen LogP) is 3.80. The van der Waals surface area contributed by atoms with Gasteiger partial charge in [-0.3, -0.25) is 4.79 Å². The third kappa shape index (κ3) is 3.63. The third-order valence-electron chi connectivity index (χ3n) is 5.21. The number of rotatable bonds is 4. The van der Waals surface area contributed by atoms with Crippen molar-refractivity contribution in [1.82, 2.24) is 9.97 Å². The molecule has 1 fully saturated rings. The highest BCUT2D eigenvalue weighted by atomic mass is 16.5. The largest absolute Gasteiger partial charge is 0.478 e. The number of benzene rings is 2. The Morgan fingerprint density at radius 1 is 1.11 bits per heavy atom. The van der Waals surface area contributed by atoms with Crippen LogP contribution in [-0.4, -0.2) is 36.1 Å². The first-order chi connectivity index (χ1) is 13.7.